The molecule has 4 atom stereocenters. The van der Waals surface area contributed by atoms with Gasteiger partial charge in [-0.1, -0.05) is 0 Å². The van der Waals surface area contributed by atoms with Crippen molar-refractivity contribution in [2.24, 2.45) is 10.3 Å². The van der Waals surface area contributed by atoms with Gasteiger partial charge in [-0.15, -0.1) is 0 Å². The van der Waals surface area contributed by atoms with E-state index in [9.17, 15) is 25.6 Å². The van der Waals surface area contributed by atoms with Crippen LogP contribution in [-0.4, -0.2) is 99.9 Å². The van der Waals surface area contributed by atoms with Crippen LogP contribution < -0.4 is 20.1 Å². The Morgan fingerprint density at radius 3 is 1.29 bits per heavy atom. The molecule has 0 unspecified atom stereocenters. The second-order valence-corrected chi connectivity index (χ2v) is 12.5. The van der Waals surface area contributed by atoms with Crippen LogP contribution >= 0.6 is 0 Å². The maximum absolute atomic E-state index is 12.8. The Morgan fingerprint density at radius 1 is 0.711 bits per heavy atom. The van der Waals surface area contributed by atoms with E-state index in [0.29, 0.717) is 25.9 Å². The van der Waals surface area contributed by atoms with E-state index in [1.807, 2.05) is 0 Å². The quantitative estimate of drug-likeness (QED) is 0.423. The molecule has 0 bridgehead atoms. The molecule has 4 heterocycles. The Bertz CT molecular complexity index is 1170. The van der Waals surface area contributed by atoms with Crippen LogP contribution in [0.1, 0.15) is 12.8 Å². The number of methoxy groups -OCH3 is 2. The Kier molecular flexibility index (Phi) is 9.82. The lowest BCUT2D eigenvalue weighted by molar-refractivity contribution is 0.0897. The highest BCUT2D eigenvalue weighted by Crippen LogP contribution is 2.22. The van der Waals surface area contributed by atoms with Crippen LogP contribution in [0.3, 0.4) is 0 Å². The van der Waals surface area contributed by atoms with Crippen LogP contribution in [0.4, 0.5) is 20.7 Å². The predicted molar refractivity (Wildman–Crippen MR) is 133 cm³/mol. The molecule has 0 spiro atoms. The number of hydrogen-bond acceptors (Lipinski definition) is 12. The monoisotopic (exact) mass is 580 g/mol. The van der Waals surface area contributed by atoms with Crippen molar-refractivity contribution in [3.63, 3.8) is 0 Å². The van der Waals surface area contributed by atoms with Crippen molar-refractivity contribution < 1.29 is 35.1 Å². The number of nitrogens with two attached hydrogens (primary N) is 2. The first-order valence-corrected chi connectivity index (χ1v) is 14.6. The summed E-state index contributed by atoms with van der Waals surface area (Å²) in [6.07, 6.45) is 4.21. The van der Waals surface area contributed by atoms with E-state index in [-0.39, 0.29) is 37.2 Å². The molecular formula is C20H30F2N8O6S2. The van der Waals surface area contributed by atoms with E-state index in [0.717, 1.165) is 24.8 Å². The third-order valence-electron chi connectivity index (χ3n) is 6.12. The Labute approximate surface area is 219 Å². The molecule has 0 aliphatic carbocycles. The zero-order valence-electron chi connectivity index (χ0n) is 20.7. The van der Waals surface area contributed by atoms with Gasteiger partial charge in [0.1, 0.15) is 0 Å². The molecule has 212 valence electrons. The van der Waals surface area contributed by atoms with Crippen molar-refractivity contribution in [2.75, 3.05) is 50.2 Å². The van der Waals surface area contributed by atoms with Gasteiger partial charge >= 0.3 is 0 Å². The summed E-state index contributed by atoms with van der Waals surface area (Å²) in [4.78, 5) is 18.6. The summed E-state index contributed by atoms with van der Waals surface area (Å²) in [6.45, 7) is 1.22. The number of aromatic nitrogens is 4. The summed E-state index contributed by atoms with van der Waals surface area (Å²) in [5.41, 5.74) is 0. The summed E-state index contributed by atoms with van der Waals surface area (Å²) >= 11 is 0. The molecule has 0 amide bonds. The third kappa shape index (κ3) is 8.18. The highest BCUT2D eigenvalue weighted by molar-refractivity contribution is 7.90. The molecule has 18 heteroatoms. The molecule has 2 aromatic heterocycles. The van der Waals surface area contributed by atoms with E-state index in [1.165, 1.54) is 14.2 Å². The first-order chi connectivity index (χ1) is 17.8. The summed E-state index contributed by atoms with van der Waals surface area (Å²) < 4.78 is 81.9. The zero-order valence-corrected chi connectivity index (χ0v) is 22.4. The molecule has 38 heavy (non-hydrogen) atoms. The van der Waals surface area contributed by atoms with Gasteiger partial charge in [-0.25, -0.2) is 55.8 Å². The lowest BCUT2D eigenvalue weighted by Gasteiger charge is -2.35. The molecule has 0 radical (unpaired) electrons. The molecule has 0 saturated carbocycles. The van der Waals surface area contributed by atoms with Crippen LogP contribution in [0.2, 0.25) is 0 Å². The minimum Gasteiger partial charge on any atom is -0.380 e. The van der Waals surface area contributed by atoms with Crippen LogP contribution in [-0.2, 0) is 29.5 Å². The van der Waals surface area contributed by atoms with Gasteiger partial charge in [-0.3, -0.25) is 0 Å². The molecule has 0 aromatic carbocycles. The first kappa shape index (κ1) is 29.9. The van der Waals surface area contributed by atoms with Crippen LogP contribution in [0.5, 0.6) is 0 Å². The van der Waals surface area contributed by atoms with Crippen molar-refractivity contribution >= 4 is 31.9 Å². The number of sulfonamides is 2. The highest BCUT2D eigenvalue weighted by atomic mass is 32.2. The first-order valence-electron chi connectivity index (χ1n) is 11.3. The molecule has 2 aliphatic rings. The minimum absolute atomic E-state index is 0.171. The van der Waals surface area contributed by atoms with Crippen molar-refractivity contribution in [2.45, 2.75) is 35.5 Å². The van der Waals surface area contributed by atoms with E-state index in [1.54, 1.807) is 9.80 Å². The number of halogens is 2. The second kappa shape index (κ2) is 12.5. The maximum Gasteiger partial charge on any atom is 0.225 e. The number of ether oxygens (including phenoxy) is 2. The van der Waals surface area contributed by atoms with Crippen molar-refractivity contribution in [3.8, 4) is 0 Å². The van der Waals surface area contributed by atoms with Crippen LogP contribution in [0.25, 0.3) is 0 Å². The molecule has 2 saturated heterocycles. The number of hydrogen-bond donors (Lipinski definition) is 2. The fourth-order valence-electron chi connectivity index (χ4n) is 4.10. The average Bonchev–Trinajstić information content (AvgIpc) is 2.88. The standard InChI is InChI=1S/2C10H15FN4O3S/c2*1-18-8-2-9(19(12,16)17)6-15(5-8)10-13-3-7(11)4-14-10/h2*3-4,8-9H,2,5-6H2,1H3,(H2,12,16,17)/t2*8-,9-/m10/s1. The molecule has 4 rings (SSSR count). The fraction of sp³-hybridized carbons (Fsp3) is 0.600. The van der Waals surface area contributed by atoms with Crippen molar-refractivity contribution in [1.82, 2.24) is 19.9 Å². The second-order valence-electron chi connectivity index (χ2n) is 8.82. The normalized spacial score (nSPS) is 24.5. The van der Waals surface area contributed by atoms with Crippen LogP contribution in [0, 0.1) is 11.6 Å². The van der Waals surface area contributed by atoms with Crippen LogP contribution in [0.15, 0.2) is 24.8 Å². The summed E-state index contributed by atoms with van der Waals surface area (Å²) in [7, 11) is -4.34. The van der Waals surface area contributed by atoms with Gasteiger partial charge < -0.3 is 19.3 Å². The van der Waals surface area contributed by atoms with Crippen molar-refractivity contribution in [1.29, 1.82) is 0 Å². The minimum atomic E-state index is -3.67. The topological polar surface area (TPSA) is 197 Å². The van der Waals surface area contributed by atoms with E-state index >= 15 is 0 Å². The number of piperidine rings is 2. The molecule has 2 aromatic rings. The van der Waals surface area contributed by atoms with E-state index < -0.39 is 42.2 Å². The largest absolute Gasteiger partial charge is 0.380 e. The predicted octanol–water partition coefficient (Wildman–Crippen LogP) is -1.00. The van der Waals surface area contributed by atoms with E-state index in [2.05, 4.69) is 19.9 Å². The van der Waals surface area contributed by atoms with Gasteiger partial charge in [0.05, 0.1) is 47.5 Å². The Balaban J connectivity index is 0.000000211. The Morgan fingerprint density at radius 2 is 1.03 bits per heavy atom. The number of anilines is 2. The summed E-state index contributed by atoms with van der Waals surface area (Å²) in [5, 5.41) is 8.86. The number of rotatable bonds is 6. The van der Waals surface area contributed by atoms with Gasteiger partial charge in [-0.05, 0) is 12.8 Å². The summed E-state index contributed by atoms with van der Waals surface area (Å²) in [5.74, 6) is -0.576. The smallest absolute Gasteiger partial charge is 0.225 e. The van der Waals surface area contributed by atoms with Gasteiger partial charge in [0.25, 0.3) is 0 Å². The van der Waals surface area contributed by atoms with Gasteiger partial charge in [0, 0.05) is 40.4 Å². The highest BCUT2D eigenvalue weighted by Gasteiger charge is 2.36. The lowest BCUT2D eigenvalue weighted by atomic mass is 10.1. The molecule has 4 N–H and O–H groups in total. The lowest BCUT2D eigenvalue weighted by Crippen LogP contribution is -2.51. The third-order valence-corrected chi connectivity index (χ3v) is 8.66. The summed E-state index contributed by atoms with van der Waals surface area (Å²) in [6, 6.07) is 0. The molecule has 2 aliphatic heterocycles. The van der Waals surface area contributed by atoms with Gasteiger partial charge in [0.15, 0.2) is 11.6 Å². The fourth-order valence-corrected chi connectivity index (χ4v) is 5.84. The van der Waals surface area contributed by atoms with E-state index in [4.69, 9.17) is 19.8 Å². The maximum atomic E-state index is 12.8. The van der Waals surface area contributed by atoms with Crippen molar-refractivity contribution in [3.05, 3.63) is 36.4 Å². The van der Waals surface area contributed by atoms with Gasteiger partial charge in [-0.2, -0.15) is 0 Å². The molecule has 2 fully saturated rings. The number of nitrogens with zero attached hydrogens (tertiary/aromatic N) is 6. The number of primary sulfonamides is 2. The SMILES string of the molecule is CO[C@@H]1C[C@@H](S(N)(=O)=O)CN(c2ncc(F)cn2)C1.CO[C@H]1C[C@H](S(N)(=O)=O)CN(c2ncc(F)cn2)C1. The molecular weight excluding hydrogens is 550 g/mol. The average molecular weight is 581 g/mol. The zero-order chi connectivity index (χ0) is 28.1. The van der Waals surface area contributed by atoms with Gasteiger partial charge in [0.2, 0.25) is 31.9 Å². The molecule has 14 nitrogen and oxygen atoms in total. The Hall–Kier alpha value is -2.64.